The third kappa shape index (κ3) is 3.66. The number of hydrogen-bond donors (Lipinski definition) is 2. The molecule has 3 rings (SSSR count). The number of nitrogens with one attached hydrogen (secondary N) is 2. The van der Waals surface area contributed by atoms with Crippen LogP contribution in [0.25, 0.3) is 6.08 Å². The van der Waals surface area contributed by atoms with Gasteiger partial charge in [0, 0.05) is 5.56 Å². The number of amides is 2. The third-order valence-corrected chi connectivity index (χ3v) is 3.71. The van der Waals surface area contributed by atoms with Crippen LogP contribution in [0.5, 0.6) is 11.5 Å². The van der Waals surface area contributed by atoms with Gasteiger partial charge in [0.1, 0.15) is 12.4 Å². The van der Waals surface area contributed by atoms with Crippen molar-refractivity contribution in [1.82, 2.24) is 10.9 Å². The molecule has 1 aliphatic heterocycles. The normalized spacial score (nSPS) is 12.3. The Hall–Kier alpha value is -3.35. The Labute approximate surface area is 149 Å². The molecule has 1 heterocycles. The van der Waals surface area contributed by atoms with E-state index in [0.29, 0.717) is 29.2 Å². The summed E-state index contributed by atoms with van der Waals surface area (Å²) < 4.78 is 24.7. The number of carbonyl (C=O) groups excluding carboxylic acids is 2. The molecule has 7 heteroatoms. The van der Waals surface area contributed by atoms with Crippen molar-refractivity contribution in [2.45, 2.75) is 6.92 Å². The van der Waals surface area contributed by atoms with Crippen molar-refractivity contribution in [1.29, 1.82) is 0 Å². The van der Waals surface area contributed by atoms with E-state index >= 15 is 0 Å². The van der Waals surface area contributed by atoms with Crippen molar-refractivity contribution in [2.75, 3.05) is 13.2 Å². The van der Waals surface area contributed by atoms with Crippen molar-refractivity contribution in [3.05, 3.63) is 65.0 Å². The highest BCUT2D eigenvalue weighted by atomic mass is 19.1. The van der Waals surface area contributed by atoms with Crippen LogP contribution in [0.15, 0.2) is 48.0 Å². The molecule has 2 aromatic carbocycles. The van der Waals surface area contributed by atoms with Gasteiger partial charge in [-0.2, -0.15) is 0 Å². The molecule has 2 N–H and O–H groups in total. The number of rotatable bonds is 4. The lowest BCUT2D eigenvalue weighted by atomic mass is 10.1. The summed E-state index contributed by atoms with van der Waals surface area (Å²) >= 11 is 0. The maximum Gasteiger partial charge on any atom is 0.272 e. The lowest BCUT2D eigenvalue weighted by molar-refractivity contribution is -0.118. The first-order chi connectivity index (χ1) is 12.6. The molecule has 134 valence electrons. The lowest BCUT2D eigenvalue weighted by Crippen LogP contribution is -2.43. The standard InChI is InChI=1S/C19H17FN2O4/c1-2-25-16-9-5-6-12-10-13(11-26-17(12)16)18(23)21-22-19(24)14-7-3-4-8-15(14)20/h3-10H,2,11H2,1H3,(H,21,23)(H,22,24). The average molecular weight is 356 g/mol. The molecule has 0 fully saturated rings. The molecule has 1 aliphatic rings. The number of hydrogen-bond acceptors (Lipinski definition) is 4. The topological polar surface area (TPSA) is 76.7 Å². The molecule has 2 aromatic rings. The Balaban J connectivity index is 1.68. The highest BCUT2D eigenvalue weighted by Crippen LogP contribution is 2.35. The van der Waals surface area contributed by atoms with E-state index in [1.807, 2.05) is 6.92 Å². The summed E-state index contributed by atoms with van der Waals surface area (Å²) in [5.74, 6) is -0.776. The molecule has 6 nitrogen and oxygen atoms in total. The number of carbonyl (C=O) groups is 2. The van der Waals surface area contributed by atoms with Crippen LogP contribution >= 0.6 is 0 Å². The zero-order valence-electron chi connectivity index (χ0n) is 14.0. The van der Waals surface area contributed by atoms with Gasteiger partial charge in [-0.25, -0.2) is 4.39 Å². The first-order valence-electron chi connectivity index (χ1n) is 8.04. The molecule has 0 saturated heterocycles. The van der Waals surface area contributed by atoms with Crippen molar-refractivity contribution in [3.63, 3.8) is 0 Å². The second kappa shape index (κ2) is 7.69. The SMILES string of the molecule is CCOc1cccc2c1OCC(C(=O)NNC(=O)c1ccccc1F)=C2. The zero-order valence-corrected chi connectivity index (χ0v) is 14.0. The third-order valence-electron chi connectivity index (χ3n) is 3.71. The van der Waals surface area contributed by atoms with E-state index in [4.69, 9.17) is 9.47 Å². The van der Waals surface area contributed by atoms with Gasteiger partial charge in [0.15, 0.2) is 11.5 Å². The molecule has 2 amide bonds. The fourth-order valence-electron chi connectivity index (χ4n) is 2.49. The van der Waals surface area contributed by atoms with Crippen LogP contribution < -0.4 is 20.3 Å². The molecule has 0 atom stereocenters. The summed E-state index contributed by atoms with van der Waals surface area (Å²) in [5.41, 5.74) is 5.32. The number of ether oxygens (including phenoxy) is 2. The minimum atomic E-state index is -0.743. The van der Waals surface area contributed by atoms with E-state index in [9.17, 15) is 14.0 Å². The van der Waals surface area contributed by atoms with E-state index in [1.54, 1.807) is 24.3 Å². The van der Waals surface area contributed by atoms with Gasteiger partial charge in [-0.3, -0.25) is 20.4 Å². The first kappa shape index (κ1) is 17.5. The van der Waals surface area contributed by atoms with Gasteiger partial charge >= 0.3 is 0 Å². The molecular formula is C19H17FN2O4. The Morgan fingerprint density at radius 3 is 2.65 bits per heavy atom. The number of hydrazine groups is 1. The van der Waals surface area contributed by atoms with Gasteiger partial charge in [-0.1, -0.05) is 24.3 Å². The average Bonchev–Trinajstić information content (AvgIpc) is 2.66. The molecule has 0 radical (unpaired) electrons. The van der Waals surface area contributed by atoms with Gasteiger partial charge in [0.25, 0.3) is 11.8 Å². The number of benzene rings is 2. The summed E-state index contributed by atoms with van der Waals surface area (Å²) in [6.45, 7) is 2.40. The van der Waals surface area contributed by atoms with Crippen molar-refractivity contribution in [2.24, 2.45) is 0 Å². The van der Waals surface area contributed by atoms with Crippen molar-refractivity contribution < 1.29 is 23.5 Å². The zero-order chi connectivity index (χ0) is 18.5. The number of fused-ring (bicyclic) bond motifs is 1. The predicted octanol–water partition coefficient (Wildman–Crippen LogP) is 2.46. The Bertz CT molecular complexity index is 880. The predicted molar refractivity (Wildman–Crippen MR) is 93.1 cm³/mol. The molecule has 0 unspecified atom stereocenters. The quantitative estimate of drug-likeness (QED) is 0.825. The van der Waals surface area contributed by atoms with Gasteiger partial charge in [-0.15, -0.1) is 0 Å². The van der Waals surface area contributed by atoms with Crippen LogP contribution in [-0.4, -0.2) is 25.0 Å². The molecular weight excluding hydrogens is 339 g/mol. The summed E-state index contributed by atoms with van der Waals surface area (Å²) in [5, 5.41) is 0. The van der Waals surface area contributed by atoms with E-state index in [0.717, 1.165) is 0 Å². The Morgan fingerprint density at radius 1 is 1.12 bits per heavy atom. The molecule has 0 bridgehead atoms. The van der Waals surface area contributed by atoms with Crippen LogP contribution in [0.4, 0.5) is 4.39 Å². The molecule has 0 aromatic heterocycles. The van der Waals surface area contributed by atoms with E-state index in [1.165, 1.54) is 24.3 Å². The second-order valence-corrected chi connectivity index (χ2v) is 5.45. The monoisotopic (exact) mass is 356 g/mol. The second-order valence-electron chi connectivity index (χ2n) is 5.45. The summed E-state index contributed by atoms with van der Waals surface area (Å²) in [4.78, 5) is 24.2. The summed E-state index contributed by atoms with van der Waals surface area (Å²) in [6.07, 6.45) is 1.66. The first-order valence-corrected chi connectivity index (χ1v) is 8.04. The fraction of sp³-hybridized carbons (Fsp3) is 0.158. The van der Waals surface area contributed by atoms with Crippen molar-refractivity contribution in [3.8, 4) is 11.5 Å². The van der Waals surface area contributed by atoms with Gasteiger partial charge < -0.3 is 9.47 Å². The van der Waals surface area contributed by atoms with Gasteiger partial charge in [0.2, 0.25) is 0 Å². The smallest absolute Gasteiger partial charge is 0.272 e. The van der Waals surface area contributed by atoms with Crippen LogP contribution in [0.3, 0.4) is 0 Å². The Morgan fingerprint density at radius 2 is 1.88 bits per heavy atom. The van der Waals surface area contributed by atoms with Crippen LogP contribution in [0, 0.1) is 5.82 Å². The maximum absolute atomic E-state index is 13.6. The molecule has 26 heavy (non-hydrogen) atoms. The highest BCUT2D eigenvalue weighted by Gasteiger charge is 2.21. The van der Waals surface area contributed by atoms with Crippen LogP contribution in [-0.2, 0) is 4.79 Å². The largest absolute Gasteiger partial charge is 0.490 e. The van der Waals surface area contributed by atoms with Crippen LogP contribution in [0.1, 0.15) is 22.8 Å². The highest BCUT2D eigenvalue weighted by molar-refractivity contribution is 6.02. The number of para-hydroxylation sites is 1. The minimum absolute atomic E-state index is 0.0263. The molecule has 0 saturated carbocycles. The summed E-state index contributed by atoms with van der Waals surface area (Å²) in [6, 6.07) is 10.9. The molecule has 0 spiro atoms. The van der Waals surface area contributed by atoms with E-state index < -0.39 is 17.6 Å². The lowest BCUT2D eigenvalue weighted by Gasteiger charge is -2.20. The molecule has 0 aliphatic carbocycles. The maximum atomic E-state index is 13.6. The van der Waals surface area contributed by atoms with E-state index in [2.05, 4.69) is 10.9 Å². The van der Waals surface area contributed by atoms with Gasteiger partial charge in [0.05, 0.1) is 17.7 Å². The van der Waals surface area contributed by atoms with Crippen LogP contribution in [0.2, 0.25) is 0 Å². The summed E-state index contributed by atoms with van der Waals surface area (Å²) in [7, 11) is 0. The number of halogens is 1. The van der Waals surface area contributed by atoms with Gasteiger partial charge in [-0.05, 0) is 31.2 Å². The fourth-order valence-corrected chi connectivity index (χ4v) is 2.49. The van der Waals surface area contributed by atoms with Crippen molar-refractivity contribution >= 4 is 17.9 Å². The Kier molecular flexibility index (Phi) is 5.17. The minimum Gasteiger partial charge on any atom is -0.490 e. The van der Waals surface area contributed by atoms with E-state index in [-0.39, 0.29) is 12.2 Å².